The molecule has 0 saturated carbocycles. The van der Waals surface area contributed by atoms with Gasteiger partial charge in [-0.25, -0.2) is 9.67 Å². The van der Waals surface area contributed by atoms with E-state index in [-0.39, 0.29) is 5.75 Å². The molecule has 0 aliphatic carbocycles. The molecule has 10 heteroatoms. The molecule has 3 aromatic rings. The fraction of sp³-hybridized carbons (Fsp3) is 0.400. The molecule has 1 saturated heterocycles. The molecule has 160 valence electrons. The van der Waals surface area contributed by atoms with E-state index < -0.39 is 19.1 Å². The van der Waals surface area contributed by atoms with Crippen LogP contribution in [0.25, 0.3) is 16.7 Å². The standard InChI is InChI=1S/C20H21F3N4O3/c21-20(22,23)30-14-6-4-13(5-7-14)27-18-17(15(8-9-24-18)16(29)12-28)19(25-27)26-10-2-1-3-11-26/h4-9,16,28-29H,1-3,10-12H2. The number of hydrogen-bond donors (Lipinski definition) is 2. The van der Waals surface area contributed by atoms with Crippen molar-refractivity contribution in [1.29, 1.82) is 0 Å². The predicted molar refractivity (Wildman–Crippen MR) is 104 cm³/mol. The molecular formula is C20H21F3N4O3. The third kappa shape index (κ3) is 4.05. The Labute approximate surface area is 170 Å². The molecule has 4 rings (SSSR count). The first-order valence-electron chi connectivity index (χ1n) is 9.65. The van der Waals surface area contributed by atoms with Gasteiger partial charge in [0.15, 0.2) is 11.5 Å². The Hall–Kier alpha value is -2.85. The SMILES string of the molecule is OCC(O)c1ccnc2c1c(N1CCCCC1)nn2-c1ccc(OC(F)(F)F)cc1. The van der Waals surface area contributed by atoms with Crippen molar-refractivity contribution in [2.75, 3.05) is 24.6 Å². The molecular weight excluding hydrogens is 401 g/mol. The van der Waals surface area contributed by atoms with Crippen LogP contribution in [0.4, 0.5) is 19.0 Å². The molecule has 1 aliphatic rings. The largest absolute Gasteiger partial charge is 0.573 e. The maximum absolute atomic E-state index is 12.4. The number of fused-ring (bicyclic) bond motifs is 1. The second kappa shape index (κ2) is 8.11. The average molecular weight is 422 g/mol. The van der Waals surface area contributed by atoms with Gasteiger partial charge < -0.3 is 19.8 Å². The molecule has 3 heterocycles. The van der Waals surface area contributed by atoms with Crippen molar-refractivity contribution in [2.24, 2.45) is 0 Å². The van der Waals surface area contributed by atoms with Crippen LogP contribution in [0.2, 0.25) is 0 Å². The van der Waals surface area contributed by atoms with Crippen molar-refractivity contribution in [3.8, 4) is 11.4 Å². The first kappa shape index (κ1) is 20.4. The fourth-order valence-corrected chi connectivity index (χ4v) is 3.72. The number of hydrogen-bond acceptors (Lipinski definition) is 6. The van der Waals surface area contributed by atoms with E-state index in [1.54, 1.807) is 6.07 Å². The van der Waals surface area contributed by atoms with Crippen molar-refractivity contribution in [3.05, 3.63) is 42.1 Å². The lowest BCUT2D eigenvalue weighted by molar-refractivity contribution is -0.274. The molecule has 0 bridgehead atoms. The topological polar surface area (TPSA) is 83.6 Å². The van der Waals surface area contributed by atoms with Gasteiger partial charge in [0.25, 0.3) is 0 Å². The monoisotopic (exact) mass is 422 g/mol. The van der Waals surface area contributed by atoms with Crippen molar-refractivity contribution < 1.29 is 28.1 Å². The number of benzene rings is 1. The number of aliphatic hydroxyl groups is 2. The van der Waals surface area contributed by atoms with Crippen LogP contribution in [-0.4, -0.2) is 51.0 Å². The van der Waals surface area contributed by atoms with E-state index >= 15 is 0 Å². The molecule has 7 nitrogen and oxygen atoms in total. The Bertz CT molecular complexity index is 1010. The second-order valence-corrected chi connectivity index (χ2v) is 7.12. The van der Waals surface area contributed by atoms with Crippen LogP contribution in [0.5, 0.6) is 5.75 Å². The van der Waals surface area contributed by atoms with Crippen molar-refractivity contribution in [2.45, 2.75) is 31.7 Å². The summed E-state index contributed by atoms with van der Waals surface area (Å²) in [7, 11) is 0. The Morgan fingerprint density at radius 3 is 2.40 bits per heavy atom. The van der Waals surface area contributed by atoms with Gasteiger partial charge in [-0.05, 0) is 55.2 Å². The van der Waals surface area contributed by atoms with E-state index in [9.17, 15) is 23.4 Å². The lowest BCUT2D eigenvalue weighted by atomic mass is 10.1. The minimum atomic E-state index is -4.77. The zero-order valence-electron chi connectivity index (χ0n) is 16.0. The zero-order chi connectivity index (χ0) is 21.3. The molecule has 1 aliphatic heterocycles. The van der Waals surface area contributed by atoms with Gasteiger partial charge in [-0.3, -0.25) is 0 Å². The third-order valence-electron chi connectivity index (χ3n) is 5.08. The van der Waals surface area contributed by atoms with E-state index in [0.717, 1.165) is 32.4 Å². The third-order valence-corrected chi connectivity index (χ3v) is 5.08. The highest BCUT2D eigenvalue weighted by molar-refractivity contribution is 5.92. The lowest BCUT2D eigenvalue weighted by Crippen LogP contribution is -2.30. The van der Waals surface area contributed by atoms with Gasteiger partial charge in [0.1, 0.15) is 11.9 Å². The number of aromatic nitrogens is 3. The molecule has 1 atom stereocenters. The molecule has 1 aromatic carbocycles. The number of nitrogens with zero attached hydrogens (tertiary/aromatic N) is 4. The number of aliphatic hydroxyl groups excluding tert-OH is 2. The van der Waals surface area contributed by atoms with Crippen LogP contribution in [0.15, 0.2) is 36.5 Å². The smallest absolute Gasteiger partial charge is 0.406 e. The van der Waals surface area contributed by atoms with E-state index in [4.69, 9.17) is 0 Å². The van der Waals surface area contributed by atoms with Gasteiger partial charge in [-0.2, -0.15) is 0 Å². The van der Waals surface area contributed by atoms with E-state index in [1.165, 1.54) is 35.1 Å². The van der Waals surface area contributed by atoms with Crippen LogP contribution in [0.3, 0.4) is 0 Å². The van der Waals surface area contributed by atoms with Gasteiger partial charge in [-0.1, -0.05) is 0 Å². The summed E-state index contributed by atoms with van der Waals surface area (Å²) >= 11 is 0. The number of alkyl halides is 3. The highest BCUT2D eigenvalue weighted by atomic mass is 19.4. The normalized spacial score (nSPS) is 16.1. The molecule has 0 amide bonds. The Balaban J connectivity index is 1.82. The summed E-state index contributed by atoms with van der Waals surface area (Å²) in [5.74, 6) is 0.305. The molecule has 0 spiro atoms. The van der Waals surface area contributed by atoms with Crippen LogP contribution in [0, 0.1) is 0 Å². The summed E-state index contributed by atoms with van der Waals surface area (Å²) in [6.07, 6.45) is -1.21. The number of rotatable bonds is 5. The minimum absolute atomic E-state index is 0.330. The van der Waals surface area contributed by atoms with Gasteiger partial charge in [0, 0.05) is 19.3 Å². The molecule has 0 radical (unpaired) electrons. The molecule has 2 aromatic heterocycles. The van der Waals surface area contributed by atoms with Gasteiger partial charge in [-0.15, -0.1) is 18.3 Å². The highest BCUT2D eigenvalue weighted by Gasteiger charge is 2.31. The van der Waals surface area contributed by atoms with Gasteiger partial charge in [0.05, 0.1) is 17.7 Å². The summed E-state index contributed by atoms with van der Waals surface area (Å²) in [4.78, 5) is 6.51. The summed E-state index contributed by atoms with van der Waals surface area (Å²) in [5.41, 5.74) is 1.46. The first-order valence-corrected chi connectivity index (χ1v) is 9.65. The summed E-state index contributed by atoms with van der Waals surface area (Å²) in [6, 6.07) is 6.99. The number of anilines is 1. The lowest BCUT2D eigenvalue weighted by Gasteiger charge is -2.27. The maximum Gasteiger partial charge on any atom is 0.573 e. The van der Waals surface area contributed by atoms with E-state index in [1.807, 2.05) is 0 Å². The molecule has 1 unspecified atom stereocenters. The van der Waals surface area contributed by atoms with Crippen LogP contribution in [0.1, 0.15) is 30.9 Å². The zero-order valence-corrected chi connectivity index (χ0v) is 16.0. The number of piperidine rings is 1. The Morgan fingerprint density at radius 1 is 1.07 bits per heavy atom. The highest BCUT2D eigenvalue weighted by Crippen LogP contribution is 2.34. The quantitative estimate of drug-likeness (QED) is 0.656. The maximum atomic E-state index is 12.4. The van der Waals surface area contributed by atoms with Gasteiger partial charge in [0.2, 0.25) is 0 Å². The van der Waals surface area contributed by atoms with Crippen LogP contribution < -0.4 is 9.64 Å². The van der Waals surface area contributed by atoms with Crippen LogP contribution in [-0.2, 0) is 0 Å². The Kier molecular flexibility index (Phi) is 5.52. The van der Waals surface area contributed by atoms with Crippen molar-refractivity contribution in [3.63, 3.8) is 0 Å². The van der Waals surface area contributed by atoms with Crippen molar-refractivity contribution >= 4 is 16.9 Å². The first-order chi connectivity index (χ1) is 14.4. The molecule has 2 N–H and O–H groups in total. The van der Waals surface area contributed by atoms with Crippen molar-refractivity contribution in [1.82, 2.24) is 14.8 Å². The van der Waals surface area contributed by atoms with Crippen LogP contribution >= 0.6 is 0 Å². The minimum Gasteiger partial charge on any atom is -0.406 e. The van der Waals surface area contributed by atoms with E-state index in [2.05, 4.69) is 19.7 Å². The summed E-state index contributed by atoms with van der Waals surface area (Å²) in [6.45, 7) is 1.15. The van der Waals surface area contributed by atoms with E-state index in [0.29, 0.717) is 28.1 Å². The summed E-state index contributed by atoms with van der Waals surface area (Å²) < 4.78 is 42.8. The van der Waals surface area contributed by atoms with Gasteiger partial charge >= 0.3 is 6.36 Å². The number of pyridine rings is 1. The fourth-order valence-electron chi connectivity index (χ4n) is 3.72. The number of halogens is 3. The second-order valence-electron chi connectivity index (χ2n) is 7.12. The average Bonchev–Trinajstić information content (AvgIpc) is 3.13. The Morgan fingerprint density at radius 2 is 1.77 bits per heavy atom. The predicted octanol–water partition coefficient (Wildman–Crippen LogP) is 3.34. The molecule has 1 fully saturated rings. The summed E-state index contributed by atoms with van der Waals surface area (Å²) in [5, 5.41) is 25.1. The molecule has 30 heavy (non-hydrogen) atoms. The number of ether oxygens (including phenoxy) is 1.